The molecular formula is C19H19NO3. The molecule has 0 spiro atoms. The Hall–Kier alpha value is -2.88. The van der Waals surface area contributed by atoms with Gasteiger partial charge in [0.1, 0.15) is 0 Å². The minimum Gasteiger partial charge on any atom is -0.465 e. The van der Waals surface area contributed by atoms with Gasteiger partial charge in [-0.2, -0.15) is 0 Å². The van der Waals surface area contributed by atoms with E-state index in [1.54, 1.807) is 30.5 Å². The molecule has 0 unspecified atom stereocenters. The van der Waals surface area contributed by atoms with Gasteiger partial charge in [-0.1, -0.05) is 18.2 Å². The van der Waals surface area contributed by atoms with Crippen molar-refractivity contribution in [1.82, 2.24) is 0 Å². The predicted octanol–water partition coefficient (Wildman–Crippen LogP) is 3.90. The second kappa shape index (κ2) is 7.40. The second-order valence-electron chi connectivity index (χ2n) is 5.21. The average molecular weight is 309 g/mol. The summed E-state index contributed by atoms with van der Waals surface area (Å²) < 4.78 is 4.67. The average Bonchev–Trinajstić information content (AvgIpc) is 2.56. The first kappa shape index (κ1) is 16.5. The van der Waals surface area contributed by atoms with Gasteiger partial charge in [0.2, 0.25) is 0 Å². The number of hydrogen-bond donors (Lipinski definition) is 1. The number of anilines is 1. The molecule has 4 nitrogen and oxygen atoms in total. The van der Waals surface area contributed by atoms with Crippen LogP contribution in [0.1, 0.15) is 31.8 Å². The molecule has 0 aliphatic carbocycles. The van der Waals surface area contributed by atoms with E-state index in [1.165, 1.54) is 13.2 Å². The van der Waals surface area contributed by atoms with Crippen LogP contribution in [0, 0.1) is 13.8 Å². The zero-order valence-corrected chi connectivity index (χ0v) is 13.4. The van der Waals surface area contributed by atoms with Gasteiger partial charge in [-0.15, -0.1) is 0 Å². The summed E-state index contributed by atoms with van der Waals surface area (Å²) in [6.07, 6.45) is 3.03. The smallest absolute Gasteiger partial charge is 0.337 e. The van der Waals surface area contributed by atoms with Crippen LogP contribution in [0.25, 0.3) is 0 Å². The van der Waals surface area contributed by atoms with Crippen LogP contribution in [0.4, 0.5) is 5.69 Å². The maximum Gasteiger partial charge on any atom is 0.337 e. The Balaban J connectivity index is 2.05. The Labute approximate surface area is 135 Å². The van der Waals surface area contributed by atoms with Gasteiger partial charge in [-0.25, -0.2) is 4.79 Å². The van der Waals surface area contributed by atoms with E-state index in [9.17, 15) is 9.59 Å². The van der Waals surface area contributed by atoms with Crippen molar-refractivity contribution in [1.29, 1.82) is 0 Å². The molecule has 23 heavy (non-hydrogen) atoms. The molecule has 2 aromatic carbocycles. The molecule has 0 fully saturated rings. The van der Waals surface area contributed by atoms with Crippen molar-refractivity contribution in [3.63, 3.8) is 0 Å². The molecule has 2 aromatic rings. The molecule has 0 aliphatic heterocycles. The molecule has 0 radical (unpaired) electrons. The predicted molar refractivity (Wildman–Crippen MR) is 90.8 cm³/mol. The number of nitrogens with one attached hydrogen (secondary N) is 1. The summed E-state index contributed by atoms with van der Waals surface area (Å²) in [7, 11) is 1.34. The molecule has 0 saturated carbocycles. The Morgan fingerprint density at radius 3 is 2.48 bits per heavy atom. The van der Waals surface area contributed by atoms with Gasteiger partial charge in [-0.05, 0) is 49.2 Å². The largest absolute Gasteiger partial charge is 0.465 e. The SMILES string of the molecule is COC(=O)c1cccc(NC=CC(=O)c2ccc(C)c(C)c2)c1. The van der Waals surface area contributed by atoms with Crippen LogP contribution in [0.15, 0.2) is 54.7 Å². The maximum absolute atomic E-state index is 12.1. The topological polar surface area (TPSA) is 55.4 Å². The van der Waals surface area contributed by atoms with Crippen molar-refractivity contribution in [3.05, 3.63) is 77.0 Å². The summed E-state index contributed by atoms with van der Waals surface area (Å²) in [5, 5.41) is 2.98. The molecule has 118 valence electrons. The van der Waals surface area contributed by atoms with Crippen LogP contribution < -0.4 is 5.32 Å². The highest BCUT2D eigenvalue weighted by atomic mass is 16.5. The lowest BCUT2D eigenvalue weighted by molar-refractivity contribution is 0.0600. The Kier molecular flexibility index (Phi) is 5.31. The number of hydrogen-bond acceptors (Lipinski definition) is 4. The fourth-order valence-electron chi connectivity index (χ4n) is 2.06. The Morgan fingerprint density at radius 1 is 1.00 bits per heavy atom. The van der Waals surface area contributed by atoms with Crippen molar-refractivity contribution in [3.8, 4) is 0 Å². The fourth-order valence-corrected chi connectivity index (χ4v) is 2.06. The van der Waals surface area contributed by atoms with E-state index in [-0.39, 0.29) is 5.78 Å². The number of allylic oxidation sites excluding steroid dienone is 1. The van der Waals surface area contributed by atoms with Crippen molar-refractivity contribution < 1.29 is 14.3 Å². The van der Waals surface area contributed by atoms with Crippen LogP contribution in [-0.4, -0.2) is 18.9 Å². The summed E-state index contributed by atoms with van der Waals surface area (Å²) in [4.78, 5) is 23.6. The van der Waals surface area contributed by atoms with Gasteiger partial charge in [0.05, 0.1) is 12.7 Å². The lowest BCUT2D eigenvalue weighted by Crippen LogP contribution is -2.02. The molecule has 0 saturated heterocycles. The number of esters is 1. The van der Waals surface area contributed by atoms with E-state index in [0.717, 1.165) is 11.1 Å². The second-order valence-corrected chi connectivity index (χ2v) is 5.21. The highest BCUT2D eigenvalue weighted by Gasteiger charge is 2.05. The minimum absolute atomic E-state index is 0.0790. The van der Waals surface area contributed by atoms with E-state index in [1.807, 2.05) is 32.0 Å². The monoisotopic (exact) mass is 309 g/mol. The number of benzene rings is 2. The van der Waals surface area contributed by atoms with E-state index in [0.29, 0.717) is 16.8 Å². The van der Waals surface area contributed by atoms with Crippen molar-refractivity contribution in [2.45, 2.75) is 13.8 Å². The highest BCUT2D eigenvalue weighted by Crippen LogP contribution is 2.13. The standard InChI is InChI=1S/C19H19NO3/c1-13-7-8-15(11-14(13)2)18(21)9-10-20-17-6-4-5-16(12-17)19(22)23-3/h4-12,20H,1-3H3. The van der Waals surface area contributed by atoms with E-state index < -0.39 is 5.97 Å². The molecule has 0 atom stereocenters. The van der Waals surface area contributed by atoms with E-state index >= 15 is 0 Å². The molecule has 0 heterocycles. The number of rotatable bonds is 5. The zero-order valence-electron chi connectivity index (χ0n) is 13.4. The molecule has 1 N–H and O–H groups in total. The van der Waals surface area contributed by atoms with Gasteiger partial charge in [-0.3, -0.25) is 4.79 Å². The lowest BCUT2D eigenvalue weighted by Gasteiger charge is -2.04. The zero-order chi connectivity index (χ0) is 16.8. The molecule has 4 heteroatoms. The number of methoxy groups -OCH3 is 1. The summed E-state index contributed by atoms with van der Waals surface area (Å²) >= 11 is 0. The third-order valence-corrected chi connectivity index (χ3v) is 3.56. The first-order valence-corrected chi connectivity index (χ1v) is 7.24. The molecular weight excluding hydrogens is 290 g/mol. The Morgan fingerprint density at radius 2 is 1.78 bits per heavy atom. The first-order valence-electron chi connectivity index (χ1n) is 7.24. The van der Waals surface area contributed by atoms with E-state index in [4.69, 9.17) is 0 Å². The number of ketones is 1. The summed E-state index contributed by atoms with van der Waals surface area (Å²) in [6.45, 7) is 3.99. The molecule has 0 amide bonds. The number of ether oxygens (including phenoxy) is 1. The van der Waals surface area contributed by atoms with Gasteiger partial charge in [0, 0.05) is 23.5 Å². The minimum atomic E-state index is -0.399. The molecule has 0 aromatic heterocycles. The lowest BCUT2D eigenvalue weighted by atomic mass is 10.0. The fraction of sp³-hybridized carbons (Fsp3) is 0.158. The van der Waals surface area contributed by atoms with Gasteiger partial charge < -0.3 is 10.1 Å². The third kappa shape index (κ3) is 4.30. The van der Waals surface area contributed by atoms with E-state index in [2.05, 4.69) is 10.1 Å². The summed E-state index contributed by atoms with van der Waals surface area (Å²) in [5.74, 6) is -0.478. The Bertz CT molecular complexity index is 763. The highest BCUT2D eigenvalue weighted by molar-refractivity contribution is 6.04. The normalized spacial score (nSPS) is 10.6. The van der Waals surface area contributed by atoms with Crippen molar-refractivity contribution >= 4 is 17.4 Å². The molecule has 0 bridgehead atoms. The van der Waals surface area contributed by atoms with Gasteiger partial charge >= 0.3 is 5.97 Å². The molecule has 2 rings (SSSR count). The number of carbonyl (C=O) groups excluding carboxylic acids is 2. The van der Waals surface area contributed by atoms with Crippen molar-refractivity contribution in [2.75, 3.05) is 12.4 Å². The van der Waals surface area contributed by atoms with Gasteiger partial charge in [0.25, 0.3) is 0 Å². The van der Waals surface area contributed by atoms with Crippen LogP contribution in [0.3, 0.4) is 0 Å². The summed E-state index contributed by atoms with van der Waals surface area (Å²) in [6, 6.07) is 12.5. The van der Waals surface area contributed by atoms with Gasteiger partial charge in [0.15, 0.2) is 5.78 Å². The number of aryl methyl sites for hydroxylation is 2. The quantitative estimate of drug-likeness (QED) is 0.517. The maximum atomic E-state index is 12.1. The van der Waals surface area contributed by atoms with Crippen LogP contribution >= 0.6 is 0 Å². The molecule has 0 aliphatic rings. The van der Waals surface area contributed by atoms with Crippen molar-refractivity contribution in [2.24, 2.45) is 0 Å². The summed E-state index contributed by atoms with van der Waals surface area (Å²) in [5.41, 5.74) is 4.05. The van der Waals surface area contributed by atoms with Crippen LogP contribution in [0.5, 0.6) is 0 Å². The van der Waals surface area contributed by atoms with Crippen LogP contribution in [0.2, 0.25) is 0 Å². The third-order valence-electron chi connectivity index (χ3n) is 3.56. The number of carbonyl (C=O) groups is 2. The first-order chi connectivity index (χ1) is 11.0. The van der Waals surface area contributed by atoms with Crippen LogP contribution in [-0.2, 0) is 4.74 Å².